The number of aliphatic hydroxyl groups is 1. The van der Waals surface area contributed by atoms with Crippen LogP contribution in [0.4, 0.5) is 5.69 Å². The maximum atomic E-state index is 13.5. The second-order valence-electron chi connectivity index (χ2n) is 10.3. The lowest BCUT2D eigenvalue weighted by Gasteiger charge is -2.26. The summed E-state index contributed by atoms with van der Waals surface area (Å²) in [6, 6.07) is 19.9. The molecule has 0 radical (unpaired) electrons. The summed E-state index contributed by atoms with van der Waals surface area (Å²) in [5.74, 6) is -0.846. The van der Waals surface area contributed by atoms with Gasteiger partial charge >= 0.3 is 0 Å². The average Bonchev–Trinajstić information content (AvgIpc) is 3.09. The topological polar surface area (TPSA) is 66.8 Å². The van der Waals surface area contributed by atoms with Crippen molar-refractivity contribution < 1.29 is 19.4 Å². The van der Waals surface area contributed by atoms with Gasteiger partial charge in [0.25, 0.3) is 11.7 Å². The van der Waals surface area contributed by atoms with Gasteiger partial charge in [-0.1, -0.05) is 62.7 Å². The van der Waals surface area contributed by atoms with Crippen molar-refractivity contribution in [3.63, 3.8) is 0 Å². The van der Waals surface area contributed by atoms with Gasteiger partial charge in [-0.05, 0) is 73.2 Å². The van der Waals surface area contributed by atoms with Crippen molar-refractivity contribution in [1.82, 2.24) is 0 Å². The first-order chi connectivity index (χ1) is 17.0. The largest absolute Gasteiger partial charge is 0.507 e. The van der Waals surface area contributed by atoms with E-state index in [1.807, 2.05) is 63.2 Å². The van der Waals surface area contributed by atoms with E-state index >= 15 is 0 Å². The van der Waals surface area contributed by atoms with Gasteiger partial charge in [-0.3, -0.25) is 14.5 Å². The summed E-state index contributed by atoms with van der Waals surface area (Å²) in [5.41, 5.74) is 4.68. The summed E-state index contributed by atoms with van der Waals surface area (Å²) in [7, 11) is 0. The molecule has 1 saturated heterocycles. The van der Waals surface area contributed by atoms with Crippen LogP contribution in [0.5, 0.6) is 5.75 Å². The molecule has 0 bridgehead atoms. The molecule has 0 saturated carbocycles. The van der Waals surface area contributed by atoms with Crippen LogP contribution in [0, 0.1) is 13.8 Å². The van der Waals surface area contributed by atoms with Gasteiger partial charge in [0.1, 0.15) is 11.5 Å². The van der Waals surface area contributed by atoms with E-state index in [9.17, 15) is 14.7 Å². The third-order valence-electron chi connectivity index (χ3n) is 6.59. The zero-order valence-corrected chi connectivity index (χ0v) is 21.8. The number of hydrogen-bond acceptors (Lipinski definition) is 4. The molecular formula is C31H33NO4. The predicted molar refractivity (Wildman–Crippen MR) is 143 cm³/mol. The Labute approximate surface area is 213 Å². The van der Waals surface area contributed by atoms with Crippen LogP contribution in [0.1, 0.15) is 61.6 Å². The molecule has 3 aromatic rings. The summed E-state index contributed by atoms with van der Waals surface area (Å²) in [6.45, 7) is 12.6. The fourth-order valence-corrected chi connectivity index (χ4v) is 4.61. The SMILES string of the molecule is CCOc1ccc(N2C(=O)C(=O)/C(=C(/O)c3cc(C(C)(C)C)ccc3C)C2c2cccc(C)c2)cc1. The first-order valence-electron chi connectivity index (χ1n) is 12.2. The number of nitrogens with zero attached hydrogens (tertiary/aromatic N) is 1. The van der Waals surface area contributed by atoms with Crippen molar-refractivity contribution in [2.75, 3.05) is 11.5 Å². The van der Waals surface area contributed by atoms with Crippen molar-refractivity contribution in [2.45, 2.75) is 53.0 Å². The minimum absolute atomic E-state index is 0.0913. The Kier molecular flexibility index (Phi) is 6.77. The number of carbonyl (C=O) groups is 2. The van der Waals surface area contributed by atoms with E-state index in [0.717, 1.165) is 22.3 Å². The van der Waals surface area contributed by atoms with E-state index in [0.29, 0.717) is 23.6 Å². The second kappa shape index (κ2) is 9.65. The fraction of sp³-hybridized carbons (Fsp3) is 0.290. The van der Waals surface area contributed by atoms with E-state index in [2.05, 4.69) is 20.8 Å². The van der Waals surface area contributed by atoms with E-state index in [-0.39, 0.29) is 16.7 Å². The Balaban J connectivity index is 1.94. The molecule has 1 aliphatic rings. The Morgan fingerprint density at radius 1 is 0.972 bits per heavy atom. The molecule has 0 aromatic heterocycles. The summed E-state index contributed by atoms with van der Waals surface area (Å²) in [6.07, 6.45) is 0. The lowest BCUT2D eigenvalue weighted by atomic mass is 9.84. The number of ketones is 1. The molecule has 1 heterocycles. The first-order valence-corrected chi connectivity index (χ1v) is 12.2. The number of rotatable bonds is 5. The molecule has 1 N–H and O–H groups in total. The maximum absolute atomic E-state index is 13.5. The Morgan fingerprint density at radius 2 is 1.67 bits per heavy atom. The fourth-order valence-electron chi connectivity index (χ4n) is 4.61. The van der Waals surface area contributed by atoms with Gasteiger partial charge in [-0.25, -0.2) is 0 Å². The number of ether oxygens (including phenoxy) is 1. The average molecular weight is 484 g/mol. The highest BCUT2D eigenvalue weighted by atomic mass is 16.5. The van der Waals surface area contributed by atoms with Crippen LogP contribution in [0.3, 0.4) is 0 Å². The highest BCUT2D eigenvalue weighted by molar-refractivity contribution is 6.51. The molecule has 186 valence electrons. The Hall–Kier alpha value is -3.86. The van der Waals surface area contributed by atoms with Crippen LogP contribution in [0.25, 0.3) is 5.76 Å². The molecule has 1 fully saturated rings. The molecule has 1 aliphatic heterocycles. The van der Waals surface area contributed by atoms with Gasteiger partial charge in [0.05, 0.1) is 18.2 Å². The van der Waals surface area contributed by atoms with Crippen molar-refractivity contribution in [2.24, 2.45) is 0 Å². The van der Waals surface area contributed by atoms with Crippen molar-refractivity contribution in [3.05, 3.63) is 100 Å². The van der Waals surface area contributed by atoms with Crippen LogP contribution in [-0.2, 0) is 15.0 Å². The molecule has 1 atom stereocenters. The monoisotopic (exact) mass is 483 g/mol. The minimum Gasteiger partial charge on any atom is -0.507 e. The van der Waals surface area contributed by atoms with Crippen LogP contribution < -0.4 is 9.64 Å². The lowest BCUT2D eigenvalue weighted by Crippen LogP contribution is -2.29. The quantitative estimate of drug-likeness (QED) is 0.251. The zero-order valence-electron chi connectivity index (χ0n) is 21.8. The number of carbonyl (C=O) groups excluding carboxylic acids is 2. The van der Waals surface area contributed by atoms with Crippen molar-refractivity contribution >= 4 is 23.1 Å². The molecule has 0 spiro atoms. The van der Waals surface area contributed by atoms with Crippen molar-refractivity contribution in [3.8, 4) is 5.75 Å². The number of amides is 1. The van der Waals surface area contributed by atoms with Crippen LogP contribution in [0.2, 0.25) is 0 Å². The zero-order chi connectivity index (χ0) is 26.2. The highest BCUT2D eigenvalue weighted by Crippen LogP contribution is 2.43. The third kappa shape index (κ3) is 4.66. The number of anilines is 1. The molecule has 4 rings (SSSR count). The minimum atomic E-state index is -0.763. The molecule has 5 heteroatoms. The van der Waals surface area contributed by atoms with Gasteiger partial charge in [-0.2, -0.15) is 0 Å². The van der Waals surface area contributed by atoms with Crippen LogP contribution >= 0.6 is 0 Å². The summed E-state index contributed by atoms with van der Waals surface area (Å²) >= 11 is 0. The van der Waals surface area contributed by atoms with E-state index in [4.69, 9.17) is 4.74 Å². The summed E-state index contributed by atoms with van der Waals surface area (Å²) in [5, 5.41) is 11.6. The first kappa shape index (κ1) is 25.2. The molecule has 1 unspecified atom stereocenters. The van der Waals surface area contributed by atoms with Gasteiger partial charge in [-0.15, -0.1) is 0 Å². The third-order valence-corrected chi connectivity index (χ3v) is 6.59. The van der Waals surface area contributed by atoms with Crippen LogP contribution in [-0.4, -0.2) is 23.4 Å². The smallest absolute Gasteiger partial charge is 0.300 e. The number of Topliss-reactive ketones (excluding diaryl/α,β-unsaturated/α-hetero) is 1. The van der Waals surface area contributed by atoms with E-state index < -0.39 is 17.7 Å². The Morgan fingerprint density at radius 3 is 2.28 bits per heavy atom. The molecule has 36 heavy (non-hydrogen) atoms. The van der Waals surface area contributed by atoms with E-state index in [1.54, 1.807) is 24.3 Å². The highest BCUT2D eigenvalue weighted by Gasteiger charge is 2.47. The number of aryl methyl sites for hydroxylation is 2. The normalized spacial score (nSPS) is 17.5. The van der Waals surface area contributed by atoms with Crippen LogP contribution in [0.15, 0.2) is 72.3 Å². The van der Waals surface area contributed by atoms with Crippen molar-refractivity contribution in [1.29, 1.82) is 0 Å². The van der Waals surface area contributed by atoms with Gasteiger partial charge in [0.15, 0.2) is 0 Å². The number of aliphatic hydroxyl groups excluding tert-OH is 1. The second-order valence-corrected chi connectivity index (χ2v) is 10.3. The molecule has 0 aliphatic carbocycles. The molecule has 3 aromatic carbocycles. The molecular weight excluding hydrogens is 450 g/mol. The lowest BCUT2D eigenvalue weighted by molar-refractivity contribution is -0.132. The van der Waals surface area contributed by atoms with Gasteiger partial charge in [0, 0.05) is 11.3 Å². The maximum Gasteiger partial charge on any atom is 0.300 e. The van der Waals surface area contributed by atoms with E-state index in [1.165, 1.54) is 4.90 Å². The summed E-state index contributed by atoms with van der Waals surface area (Å²) in [4.78, 5) is 28.4. The number of hydrogen-bond donors (Lipinski definition) is 1. The van der Waals surface area contributed by atoms with Gasteiger partial charge in [0.2, 0.25) is 0 Å². The summed E-state index contributed by atoms with van der Waals surface area (Å²) < 4.78 is 5.55. The molecule has 1 amide bonds. The predicted octanol–water partition coefficient (Wildman–Crippen LogP) is 6.63. The Bertz CT molecular complexity index is 1350. The van der Waals surface area contributed by atoms with Gasteiger partial charge < -0.3 is 9.84 Å². The number of benzene rings is 3. The molecule has 5 nitrogen and oxygen atoms in total. The standard InChI is InChI=1S/C31H33NO4/c1-7-36-24-15-13-23(14-16-24)32-27(21-10-8-9-19(2)17-21)26(29(34)30(32)35)28(33)25-18-22(31(4,5)6)12-11-20(25)3/h8-18,27,33H,7H2,1-6H3/b28-26+.